The van der Waals surface area contributed by atoms with Gasteiger partial charge in [-0.3, -0.25) is 28.8 Å². The fourth-order valence-corrected chi connectivity index (χ4v) is 11.9. The van der Waals surface area contributed by atoms with Crippen molar-refractivity contribution in [2.45, 2.75) is 154 Å². The van der Waals surface area contributed by atoms with Crippen LogP contribution in [-0.4, -0.2) is 81.8 Å². The SMILES string of the molecule is CC1=C2C[C@@H](C)C[C@H](C)[C@H](O)[C@@H](C)/C=C(\C)[C@H](OC(N)=O)[C@@H](C)/C=C\C=C(/C)C(=O)NC(=C(I)C1=O)C2=O.CC1=C2C[C@@H](C)C[C@H](C)[C@H](O)[C@@H](C)/C=C(\C)[C@H](OC(N)=O)[C@@H](C)/C=C\C=C(/C)C(=O)NC(=C(c3ccco3)C1=O)C2=O.Cc1ccco1. The first kappa shape index (κ1) is 71.3. The van der Waals surface area contributed by atoms with Crippen LogP contribution in [0.1, 0.15) is 134 Å². The number of rotatable bonds is 3. The summed E-state index contributed by atoms with van der Waals surface area (Å²) in [7, 11) is 0. The molecule has 2 aromatic heterocycles. The quantitative estimate of drug-likeness (QED) is 0.0946. The molecule has 0 saturated carbocycles. The van der Waals surface area contributed by atoms with Crippen molar-refractivity contribution in [3.8, 4) is 0 Å². The first-order valence-electron chi connectivity index (χ1n) is 29.0. The molecule has 18 nitrogen and oxygen atoms in total. The van der Waals surface area contributed by atoms with Crippen molar-refractivity contribution in [2.75, 3.05) is 0 Å². The van der Waals surface area contributed by atoms with E-state index < -0.39 is 54.2 Å². The van der Waals surface area contributed by atoms with Gasteiger partial charge in [-0.05, 0) is 156 Å². The predicted molar refractivity (Wildman–Crippen MR) is 338 cm³/mol. The number of primary amides is 2. The van der Waals surface area contributed by atoms with E-state index in [1.807, 2.05) is 123 Å². The number of fused-ring (bicyclic) bond motifs is 4. The van der Waals surface area contributed by atoms with Crippen molar-refractivity contribution in [3.63, 3.8) is 0 Å². The molecule has 2 aliphatic heterocycles. The summed E-state index contributed by atoms with van der Waals surface area (Å²) in [6.07, 6.45) is 14.2. The van der Waals surface area contributed by atoms with Gasteiger partial charge in [-0.2, -0.15) is 0 Å². The second kappa shape index (κ2) is 32.5. The maximum absolute atomic E-state index is 13.9. The molecule has 6 rings (SSSR count). The van der Waals surface area contributed by atoms with Crippen molar-refractivity contribution >= 4 is 75.3 Å². The zero-order valence-electron chi connectivity index (χ0n) is 52.2. The number of halogens is 1. The Kier molecular flexibility index (Phi) is 26.9. The van der Waals surface area contributed by atoms with Gasteiger partial charge in [0.25, 0.3) is 11.8 Å². The van der Waals surface area contributed by atoms with Crippen molar-refractivity contribution < 1.29 is 66.9 Å². The number of allylic oxidation sites excluding steroid dienone is 10. The second-order valence-corrected chi connectivity index (χ2v) is 24.6. The van der Waals surface area contributed by atoms with Crippen LogP contribution in [0.15, 0.2) is 154 Å². The Morgan fingerprint density at radius 3 is 1.36 bits per heavy atom. The number of aryl methyl sites for hydroxylation is 1. The fourth-order valence-electron chi connectivity index (χ4n) is 11.1. The molecule has 4 aliphatic rings. The summed E-state index contributed by atoms with van der Waals surface area (Å²) in [6.45, 7) is 27.4. The van der Waals surface area contributed by atoms with Crippen molar-refractivity contribution in [1.29, 1.82) is 0 Å². The van der Waals surface area contributed by atoms with Crippen LogP contribution >= 0.6 is 22.6 Å². The van der Waals surface area contributed by atoms with Gasteiger partial charge in [0.2, 0.25) is 11.6 Å². The fraction of sp³-hybridized carbons (Fsp3) is 0.463. The van der Waals surface area contributed by atoms with Crippen LogP contribution in [0.5, 0.6) is 0 Å². The number of aliphatic hydroxyl groups is 2. The Hall–Kier alpha value is -7.23. The normalized spacial score (nSPS) is 31.4. The van der Waals surface area contributed by atoms with E-state index >= 15 is 0 Å². The maximum atomic E-state index is 13.9. The first-order valence-corrected chi connectivity index (χ1v) is 30.1. The molecule has 12 atom stereocenters. The molecule has 0 unspecified atom stereocenters. The van der Waals surface area contributed by atoms with Gasteiger partial charge in [0.05, 0.1) is 33.9 Å². The summed E-state index contributed by atoms with van der Waals surface area (Å²) in [5, 5.41) is 27.6. The van der Waals surface area contributed by atoms with Crippen LogP contribution in [0.25, 0.3) is 5.57 Å². The average Bonchev–Trinajstić information content (AvgIpc) is 1.25. The predicted octanol–water partition coefficient (Wildman–Crippen LogP) is 11.6. The van der Waals surface area contributed by atoms with E-state index in [0.717, 1.165) is 16.9 Å². The molecule has 2 aromatic rings. The Labute approximate surface area is 519 Å². The van der Waals surface area contributed by atoms with Crippen molar-refractivity contribution in [1.82, 2.24) is 10.6 Å². The lowest BCUT2D eigenvalue weighted by molar-refractivity contribution is -0.120. The Morgan fingerprint density at radius 2 is 0.977 bits per heavy atom. The van der Waals surface area contributed by atoms with Crippen LogP contribution in [0.2, 0.25) is 0 Å². The molecule has 466 valence electrons. The lowest BCUT2D eigenvalue weighted by atomic mass is 9.79. The smallest absolute Gasteiger partial charge is 0.405 e. The van der Waals surface area contributed by atoms with E-state index in [0.29, 0.717) is 53.5 Å². The monoisotopic (exact) mass is 1300 g/mol. The topological polar surface area (TPSA) is 298 Å². The number of nitrogens with one attached hydrogen (secondary N) is 2. The molecule has 0 saturated heterocycles. The third-order valence-corrected chi connectivity index (χ3v) is 16.9. The van der Waals surface area contributed by atoms with Crippen molar-refractivity contribution in [2.24, 2.45) is 58.8 Å². The van der Waals surface area contributed by atoms with Gasteiger partial charge in [0.15, 0.2) is 11.6 Å². The average molecular weight is 1300 g/mol. The number of ketones is 4. The Morgan fingerprint density at radius 1 is 0.570 bits per heavy atom. The van der Waals surface area contributed by atoms with E-state index in [-0.39, 0.29) is 96.6 Å². The van der Waals surface area contributed by atoms with Crippen LogP contribution in [0.3, 0.4) is 0 Å². The summed E-state index contributed by atoms with van der Waals surface area (Å²) in [6, 6.07) is 6.97. The number of furan rings is 2. The highest BCUT2D eigenvalue weighted by Crippen LogP contribution is 2.37. The molecule has 4 amide bonds. The lowest BCUT2D eigenvalue weighted by Crippen LogP contribution is -2.35. The maximum Gasteiger partial charge on any atom is 0.405 e. The molecule has 0 aromatic carbocycles. The summed E-state index contributed by atoms with van der Waals surface area (Å²) in [4.78, 5) is 103. The standard InChI is InChI=1S/C33H42N2O7.C29H39IN2O6.C5H6O/c1-17-14-20(4)28(36)21(5)16-22(6)31(42-33(34)40)18(2)10-8-11-19(3)32(39)35-27-26(25-12-9-13-41-25)29(37)23(7)24(15-17)30(27)38;1-14-11-17(4)24(33)18(5)13-19(6)27(38-29(31)37)15(2)9-8-10-16(3)28(36)32-23-22(30)25(34)20(7)21(12-14)26(23)35;1-5-3-2-4-6-5/h8-13,16-18,20-21,28,31,36H,14-15H2,1-7H3,(H2,34,40)(H,35,39);8-10,13-15,17-18,24,27,33H,11-12H2,1-7H3,(H2,31,37)(H,32,36);2-4H,1H3/b10-8-,19-11+,22-16+;9-8-,16-10+,19-13+;/t17-,18-,20-,21-,28-,31+;14-,15-,17-,18-,24-,27+;/m00./s1. The summed E-state index contributed by atoms with van der Waals surface area (Å²) < 4.78 is 21.3. The molecule has 0 fully saturated rings. The molecule has 0 spiro atoms. The Bertz CT molecular complexity index is 3180. The van der Waals surface area contributed by atoms with Gasteiger partial charge >= 0.3 is 12.2 Å². The van der Waals surface area contributed by atoms with Gasteiger partial charge in [0, 0.05) is 57.1 Å². The van der Waals surface area contributed by atoms with E-state index in [9.17, 15) is 48.6 Å². The van der Waals surface area contributed by atoms with E-state index in [2.05, 4.69) is 10.6 Å². The number of Topliss-reactive ketones (excluding diaryl/α,β-unsaturated/α-hetero) is 4. The minimum Gasteiger partial charge on any atom is -0.470 e. The van der Waals surface area contributed by atoms with Crippen LogP contribution in [0, 0.1) is 54.3 Å². The number of hydrogen-bond donors (Lipinski definition) is 6. The van der Waals surface area contributed by atoms with Gasteiger partial charge in [-0.15, -0.1) is 0 Å². The molecule has 86 heavy (non-hydrogen) atoms. The number of ether oxygens (including phenoxy) is 2. The second-order valence-electron chi connectivity index (χ2n) is 23.5. The number of nitrogens with two attached hydrogens (primary N) is 2. The molecule has 4 heterocycles. The zero-order chi connectivity index (χ0) is 64.6. The largest absolute Gasteiger partial charge is 0.470 e. The molecule has 0 radical (unpaired) electrons. The summed E-state index contributed by atoms with van der Waals surface area (Å²) >= 11 is 1.81. The first-order chi connectivity index (χ1) is 40.3. The number of aliphatic hydroxyl groups excluding tert-OH is 2. The molecule has 4 bridgehead atoms. The van der Waals surface area contributed by atoms with E-state index in [4.69, 9.17) is 29.8 Å². The van der Waals surface area contributed by atoms with E-state index in [1.54, 1.807) is 82.5 Å². The van der Waals surface area contributed by atoms with Crippen LogP contribution in [-0.2, 0) is 38.2 Å². The molecular formula is C67H87IN4O14. The third-order valence-electron chi connectivity index (χ3n) is 15.9. The molecule has 2 aliphatic carbocycles. The van der Waals surface area contributed by atoms with Gasteiger partial charge < -0.3 is 50.6 Å². The van der Waals surface area contributed by atoms with Crippen molar-refractivity contribution in [3.05, 3.63) is 156 Å². The minimum absolute atomic E-state index is 0.00661. The van der Waals surface area contributed by atoms with Crippen LogP contribution in [0.4, 0.5) is 9.59 Å². The number of carbonyl (C=O) groups excluding carboxylic acids is 8. The van der Waals surface area contributed by atoms with Gasteiger partial charge in [0.1, 0.15) is 35.1 Å². The summed E-state index contributed by atoms with van der Waals surface area (Å²) in [5.41, 5.74) is 14.1. The molecule has 19 heteroatoms. The minimum atomic E-state index is -0.913. The zero-order valence-corrected chi connectivity index (χ0v) is 54.3. The highest BCUT2D eigenvalue weighted by Gasteiger charge is 2.38. The Balaban J connectivity index is 0.000000336. The number of amides is 4. The van der Waals surface area contributed by atoms with Gasteiger partial charge in [-0.1, -0.05) is 104 Å². The van der Waals surface area contributed by atoms with Gasteiger partial charge in [-0.25, -0.2) is 9.59 Å². The number of hydrogen-bond acceptors (Lipinski definition) is 14. The highest BCUT2D eigenvalue weighted by molar-refractivity contribution is 14.1. The molecule has 8 N–H and O–H groups in total. The lowest BCUT2D eigenvalue weighted by Gasteiger charge is -2.28. The van der Waals surface area contributed by atoms with E-state index in [1.165, 1.54) is 6.26 Å². The molecular weight excluding hydrogens is 1210 g/mol. The third kappa shape index (κ3) is 19.4. The number of carbonyl (C=O) groups is 8. The van der Waals surface area contributed by atoms with Crippen LogP contribution < -0.4 is 22.1 Å². The summed E-state index contributed by atoms with van der Waals surface area (Å²) in [5.74, 6) is -2.77. The highest BCUT2D eigenvalue weighted by atomic mass is 127.